The van der Waals surface area contributed by atoms with Gasteiger partial charge >= 0.3 is 5.97 Å². The number of pyridine rings is 1. The molecule has 1 aliphatic rings. The third-order valence-corrected chi connectivity index (χ3v) is 5.82. The maximum atomic E-state index is 13.5. The number of hydrogen-bond donors (Lipinski definition) is 4. The Hall–Kier alpha value is -3.86. The van der Waals surface area contributed by atoms with Gasteiger partial charge in [0, 0.05) is 31.2 Å². The van der Waals surface area contributed by atoms with Gasteiger partial charge in [-0.1, -0.05) is 38.1 Å². The number of aldehydes is 1. The zero-order chi connectivity index (χ0) is 25.5. The van der Waals surface area contributed by atoms with E-state index in [2.05, 4.69) is 20.9 Å². The molecule has 2 heterocycles. The number of carboxylic acids is 1. The summed E-state index contributed by atoms with van der Waals surface area (Å²) in [7, 11) is 0. The molecule has 35 heavy (non-hydrogen) atoms. The Balaban J connectivity index is 1.79. The fraction of sp³-hybridized carbons (Fsp3) is 0.417. The number of carbonyl (C=O) groups is 5. The van der Waals surface area contributed by atoms with E-state index in [0.717, 1.165) is 5.39 Å². The van der Waals surface area contributed by atoms with Crippen LogP contribution >= 0.6 is 0 Å². The van der Waals surface area contributed by atoms with E-state index in [1.54, 1.807) is 32.0 Å². The highest BCUT2D eigenvalue weighted by atomic mass is 16.4. The molecule has 3 rings (SSSR count). The van der Waals surface area contributed by atoms with Crippen molar-refractivity contribution in [1.29, 1.82) is 0 Å². The van der Waals surface area contributed by atoms with Crippen LogP contribution in [0.15, 0.2) is 36.5 Å². The Morgan fingerprint density at radius 2 is 1.94 bits per heavy atom. The van der Waals surface area contributed by atoms with Gasteiger partial charge < -0.3 is 30.8 Å². The van der Waals surface area contributed by atoms with Crippen molar-refractivity contribution in [2.45, 2.75) is 38.4 Å². The molecule has 1 fully saturated rings. The van der Waals surface area contributed by atoms with E-state index in [-0.39, 0.29) is 24.7 Å². The molecule has 1 aromatic heterocycles. The second-order valence-electron chi connectivity index (χ2n) is 8.68. The lowest BCUT2D eigenvalue weighted by Gasteiger charge is -2.38. The summed E-state index contributed by atoms with van der Waals surface area (Å²) in [5.41, 5.74) is 0.193. The number of nitrogens with zero attached hydrogens (tertiary/aromatic N) is 2. The summed E-state index contributed by atoms with van der Waals surface area (Å²) < 4.78 is 0. The van der Waals surface area contributed by atoms with Gasteiger partial charge in [0.15, 0.2) is 0 Å². The minimum atomic E-state index is -1.23. The van der Waals surface area contributed by atoms with Gasteiger partial charge in [0.2, 0.25) is 11.8 Å². The largest absolute Gasteiger partial charge is 0.481 e. The molecule has 186 valence electrons. The molecule has 1 saturated heterocycles. The number of carboxylic acid groups (broad SMARTS) is 1. The normalized spacial score (nSPS) is 17.5. The van der Waals surface area contributed by atoms with Gasteiger partial charge in [-0.3, -0.25) is 24.2 Å². The maximum Gasteiger partial charge on any atom is 0.305 e. The summed E-state index contributed by atoms with van der Waals surface area (Å²) in [6.07, 6.45) is 1.31. The third-order valence-electron chi connectivity index (χ3n) is 5.82. The van der Waals surface area contributed by atoms with E-state index in [4.69, 9.17) is 5.11 Å². The first kappa shape index (κ1) is 25.8. The average molecular weight is 484 g/mol. The van der Waals surface area contributed by atoms with Crippen molar-refractivity contribution in [3.8, 4) is 0 Å². The minimum absolute atomic E-state index is 0.125. The molecule has 1 aromatic carbocycles. The monoisotopic (exact) mass is 483 g/mol. The molecule has 0 bridgehead atoms. The number of carbonyl (C=O) groups excluding carboxylic acids is 4. The van der Waals surface area contributed by atoms with E-state index in [0.29, 0.717) is 18.2 Å². The topological polar surface area (TPSA) is 158 Å². The molecule has 3 amide bonds. The van der Waals surface area contributed by atoms with Gasteiger partial charge in [0.25, 0.3) is 5.91 Å². The summed E-state index contributed by atoms with van der Waals surface area (Å²) in [5, 5.41) is 18.6. The molecule has 11 heteroatoms. The highest BCUT2D eigenvalue weighted by molar-refractivity contribution is 6.06. The van der Waals surface area contributed by atoms with Gasteiger partial charge in [-0.25, -0.2) is 0 Å². The van der Waals surface area contributed by atoms with Crippen LogP contribution < -0.4 is 16.0 Å². The predicted molar refractivity (Wildman–Crippen MR) is 126 cm³/mol. The van der Waals surface area contributed by atoms with Crippen LogP contribution in [0.3, 0.4) is 0 Å². The van der Waals surface area contributed by atoms with Gasteiger partial charge in [0.1, 0.15) is 24.1 Å². The first-order chi connectivity index (χ1) is 16.7. The van der Waals surface area contributed by atoms with Crippen LogP contribution in [0, 0.1) is 5.92 Å². The smallest absolute Gasteiger partial charge is 0.305 e. The zero-order valence-electron chi connectivity index (χ0n) is 19.6. The van der Waals surface area contributed by atoms with Gasteiger partial charge in [0.05, 0.1) is 12.5 Å². The van der Waals surface area contributed by atoms with E-state index in [1.165, 1.54) is 11.1 Å². The highest BCUT2D eigenvalue weighted by Gasteiger charge is 2.38. The summed E-state index contributed by atoms with van der Waals surface area (Å²) in [6.45, 7) is 4.33. The maximum absolute atomic E-state index is 13.5. The van der Waals surface area contributed by atoms with Crippen LogP contribution in [-0.2, 0) is 19.2 Å². The number of aromatic nitrogens is 1. The van der Waals surface area contributed by atoms with Crippen LogP contribution in [-0.4, -0.2) is 82.7 Å². The van der Waals surface area contributed by atoms with Crippen molar-refractivity contribution in [1.82, 2.24) is 25.8 Å². The fourth-order valence-electron chi connectivity index (χ4n) is 4.00. The van der Waals surface area contributed by atoms with Crippen LogP contribution in [0.25, 0.3) is 10.8 Å². The summed E-state index contributed by atoms with van der Waals surface area (Å²) in [4.78, 5) is 67.2. The first-order valence-corrected chi connectivity index (χ1v) is 11.4. The second kappa shape index (κ2) is 11.5. The number of rotatable bonds is 9. The molecule has 1 aliphatic heterocycles. The second-order valence-corrected chi connectivity index (χ2v) is 8.68. The molecule has 0 spiro atoms. The number of aliphatic carboxylic acids is 1. The predicted octanol–water partition coefficient (Wildman–Crippen LogP) is -0.0520. The molecule has 0 saturated carbocycles. The summed E-state index contributed by atoms with van der Waals surface area (Å²) >= 11 is 0. The molecule has 2 aromatic rings. The minimum Gasteiger partial charge on any atom is -0.481 e. The van der Waals surface area contributed by atoms with Crippen molar-refractivity contribution >= 4 is 40.7 Å². The van der Waals surface area contributed by atoms with Crippen LogP contribution in [0.5, 0.6) is 0 Å². The molecular formula is C24H29N5O6. The Kier molecular flexibility index (Phi) is 8.48. The molecule has 11 nitrogen and oxygen atoms in total. The molecule has 0 radical (unpaired) electrons. The van der Waals surface area contributed by atoms with Gasteiger partial charge in [-0.05, 0) is 17.4 Å². The lowest BCUT2D eigenvalue weighted by atomic mass is 10.00. The van der Waals surface area contributed by atoms with E-state index in [1.807, 2.05) is 12.1 Å². The summed E-state index contributed by atoms with van der Waals surface area (Å²) in [5.74, 6) is -3.13. The van der Waals surface area contributed by atoms with Crippen molar-refractivity contribution < 1.29 is 29.1 Å². The highest BCUT2D eigenvalue weighted by Crippen LogP contribution is 2.18. The van der Waals surface area contributed by atoms with Gasteiger partial charge in [-0.15, -0.1) is 0 Å². The Labute approximate surface area is 202 Å². The first-order valence-electron chi connectivity index (χ1n) is 11.4. The summed E-state index contributed by atoms with van der Waals surface area (Å²) in [6, 6.07) is 5.97. The van der Waals surface area contributed by atoms with Crippen LogP contribution in [0.1, 0.15) is 30.8 Å². The quantitative estimate of drug-likeness (QED) is 0.362. The number of hydrogen-bond acceptors (Lipinski definition) is 7. The number of amides is 3. The van der Waals surface area contributed by atoms with Gasteiger partial charge in [-0.2, -0.15) is 0 Å². The Bertz CT molecular complexity index is 1120. The molecule has 4 N–H and O–H groups in total. The molecular weight excluding hydrogens is 454 g/mol. The van der Waals surface area contributed by atoms with Crippen molar-refractivity contribution in [3.63, 3.8) is 0 Å². The van der Waals surface area contributed by atoms with E-state index in [9.17, 15) is 24.0 Å². The lowest BCUT2D eigenvalue weighted by Crippen LogP contribution is -2.64. The Morgan fingerprint density at radius 3 is 2.63 bits per heavy atom. The van der Waals surface area contributed by atoms with Crippen molar-refractivity contribution in [2.24, 2.45) is 5.92 Å². The van der Waals surface area contributed by atoms with Crippen molar-refractivity contribution in [2.75, 3.05) is 19.6 Å². The molecule has 1 unspecified atom stereocenters. The average Bonchev–Trinajstić information content (AvgIpc) is 2.85. The third kappa shape index (κ3) is 6.18. The standard InChI is InChI=1S/C24H29N5O6/c1-14(2)20(28-23(34)21-17-6-4-3-5-15(17)7-8-26-21)24(35)29-10-9-25-12-18(29)22(33)27-16(13-30)11-19(31)32/h3-8,13-14,16,18,20,25H,9-12H2,1-2H3,(H,27,33)(H,28,34)(H,31,32)/t16?,18-,20-/m0/s1. The lowest BCUT2D eigenvalue weighted by molar-refractivity contribution is -0.145. The number of piperazine rings is 1. The number of nitrogens with one attached hydrogen (secondary N) is 3. The fourth-order valence-corrected chi connectivity index (χ4v) is 4.00. The van der Waals surface area contributed by atoms with Crippen LogP contribution in [0.4, 0.5) is 0 Å². The van der Waals surface area contributed by atoms with E-state index < -0.39 is 48.2 Å². The number of benzene rings is 1. The molecule has 0 aliphatic carbocycles. The molecule has 3 atom stereocenters. The zero-order valence-corrected chi connectivity index (χ0v) is 19.6. The number of fused-ring (bicyclic) bond motifs is 1. The Morgan fingerprint density at radius 1 is 1.20 bits per heavy atom. The van der Waals surface area contributed by atoms with E-state index >= 15 is 0 Å². The SMILES string of the molecule is CC(C)[C@H](NC(=O)c1nccc2ccccc12)C(=O)N1CCNC[C@H]1C(=O)NC(C=O)CC(=O)O. The van der Waals surface area contributed by atoms with Crippen molar-refractivity contribution in [3.05, 3.63) is 42.2 Å². The van der Waals surface area contributed by atoms with Crippen LogP contribution in [0.2, 0.25) is 0 Å².